The molecule has 0 radical (unpaired) electrons. The summed E-state index contributed by atoms with van der Waals surface area (Å²) < 4.78 is 11.3. The van der Waals surface area contributed by atoms with Crippen LogP contribution >= 0.6 is 0 Å². The van der Waals surface area contributed by atoms with Crippen LogP contribution in [0.1, 0.15) is 31.4 Å². The third kappa shape index (κ3) is 3.03. The molecular weight excluding hydrogens is 250 g/mol. The summed E-state index contributed by atoms with van der Waals surface area (Å²) in [6.07, 6.45) is 1.76. The van der Waals surface area contributed by atoms with E-state index in [2.05, 4.69) is 5.32 Å². The normalized spacial score (nSPS) is 25.8. The largest absolute Gasteiger partial charge is 0.507 e. The Morgan fingerprint density at radius 1 is 1.28 bits per heavy atom. The Morgan fingerprint density at radius 3 is 2.39 bits per heavy atom. The lowest BCUT2D eigenvalue weighted by Crippen LogP contribution is -2.37. The topological polar surface area (TPSA) is 69.6 Å². The first-order valence-electron chi connectivity index (χ1n) is 6.20. The van der Waals surface area contributed by atoms with Gasteiger partial charge in [0, 0.05) is 34.4 Å². The Hall–Kier alpha value is -1.07. The fraction of sp³-hybridized carbons (Fsp3) is 0.538. The highest BCUT2D eigenvalue weighted by atomic mass is 32.2. The molecule has 2 rings (SSSR count). The average molecular weight is 269 g/mol. The number of hydrogen-bond donors (Lipinski definition) is 3. The SMILES string of the molecule is CC(NC1CCS(=O)CC1)c1c(O)cccc1O. The monoisotopic (exact) mass is 269 g/mol. The van der Waals surface area contributed by atoms with E-state index in [1.54, 1.807) is 18.2 Å². The van der Waals surface area contributed by atoms with E-state index in [0.717, 1.165) is 24.3 Å². The van der Waals surface area contributed by atoms with Crippen molar-refractivity contribution in [1.82, 2.24) is 5.32 Å². The van der Waals surface area contributed by atoms with Crippen molar-refractivity contribution in [2.75, 3.05) is 11.5 Å². The van der Waals surface area contributed by atoms with Crippen molar-refractivity contribution in [3.8, 4) is 11.5 Å². The highest BCUT2D eigenvalue weighted by Crippen LogP contribution is 2.32. The molecular formula is C13H19NO3S. The minimum absolute atomic E-state index is 0.106. The number of benzene rings is 1. The second-order valence-corrected chi connectivity index (χ2v) is 6.42. The highest BCUT2D eigenvalue weighted by molar-refractivity contribution is 7.85. The lowest BCUT2D eigenvalue weighted by Gasteiger charge is -2.27. The summed E-state index contributed by atoms with van der Waals surface area (Å²) in [6, 6.07) is 4.94. The molecule has 1 aliphatic heterocycles. The summed E-state index contributed by atoms with van der Waals surface area (Å²) in [6.45, 7) is 1.92. The Balaban J connectivity index is 2.03. The van der Waals surface area contributed by atoms with E-state index in [9.17, 15) is 14.4 Å². The number of rotatable bonds is 3. The predicted octanol–water partition coefficient (Wildman–Crippen LogP) is 1.66. The van der Waals surface area contributed by atoms with Crippen molar-refractivity contribution < 1.29 is 14.4 Å². The number of aromatic hydroxyl groups is 2. The van der Waals surface area contributed by atoms with Crippen molar-refractivity contribution in [2.45, 2.75) is 31.8 Å². The van der Waals surface area contributed by atoms with Crippen LogP contribution in [-0.4, -0.2) is 32.0 Å². The van der Waals surface area contributed by atoms with Gasteiger partial charge in [-0.2, -0.15) is 0 Å². The van der Waals surface area contributed by atoms with E-state index in [4.69, 9.17) is 0 Å². The molecule has 1 atom stereocenters. The van der Waals surface area contributed by atoms with Gasteiger partial charge in [0.1, 0.15) is 11.5 Å². The lowest BCUT2D eigenvalue weighted by atomic mass is 10.0. The molecule has 0 spiro atoms. The number of phenolic OH excluding ortho intramolecular Hbond substituents is 2. The summed E-state index contributed by atoms with van der Waals surface area (Å²) in [7, 11) is -0.668. The molecule has 5 heteroatoms. The van der Waals surface area contributed by atoms with Crippen LogP contribution in [0.5, 0.6) is 11.5 Å². The van der Waals surface area contributed by atoms with E-state index in [1.165, 1.54) is 0 Å². The molecule has 1 aromatic carbocycles. The van der Waals surface area contributed by atoms with Crippen LogP contribution in [0.25, 0.3) is 0 Å². The first kappa shape index (κ1) is 13.4. The zero-order chi connectivity index (χ0) is 13.1. The Labute approximate surface area is 109 Å². The standard InChI is InChI=1S/C13H19NO3S/c1-9(13-11(15)3-2-4-12(13)16)14-10-5-7-18(17)8-6-10/h2-4,9-10,14-16H,5-8H2,1H3. The first-order valence-corrected chi connectivity index (χ1v) is 7.68. The van der Waals surface area contributed by atoms with E-state index in [-0.39, 0.29) is 17.5 Å². The number of hydrogen-bond acceptors (Lipinski definition) is 4. The van der Waals surface area contributed by atoms with Crippen LogP contribution in [0.3, 0.4) is 0 Å². The average Bonchev–Trinajstić information content (AvgIpc) is 2.32. The third-order valence-electron chi connectivity index (χ3n) is 3.37. The van der Waals surface area contributed by atoms with Crippen LogP contribution < -0.4 is 5.32 Å². The molecule has 1 unspecified atom stereocenters. The zero-order valence-corrected chi connectivity index (χ0v) is 11.2. The van der Waals surface area contributed by atoms with Crippen LogP contribution in [0, 0.1) is 0 Å². The van der Waals surface area contributed by atoms with Crippen molar-refractivity contribution in [3.63, 3.8) is 0 Å². The van der Waals surface area contributed by atoms with Crippen LogP contribution in [0.2, 0.25) is 0 Å². The van der Waals surface area contributed by atoms with Gasteiger partial charge in [-0.15, -0.1) is 0 Å². The zero-order valence-electron chi connectivity index (χ0n) is 10.4. The minimum Gasteiger partial charge on any atom is -0.507 e. The van der Waals surface area contributed by atoms with Gasteiger partial charge in [0.25, 0.3) is 0 Å². The van der Waals surface area contributed by atoms with Gasteiger partial charge in [0.05, 0.1) is 5.56 Å². The molecule has 1 fully saturated rings. The van der Waals surface area contributed by atoms with E-state index >= 15 is 0 Å². The van der Waals surface area contributed by atoms with Gasteiger partial charge in [-0.3, -0.25) is 4.21 Å². The summed E-state index contributed by atoms with van der Waals surface area (Å²) >= 11 is 0. The van der Waals surface area contributed by atoms with Gasteiger partial charge in [0.2, 0.25) is 0 Å². The van der Waals surface area contributed by atoms with E-state index < -0.39 is 10.8 Å². The molecule has 1 aliphatic rings. The van der Waals surface area contributed by atoms with Gasteiger partial charge in [0.15, 0.2) is 0 Å². The molecule has 100 valence electrons. The molecule has 0 aromatic heterocycles. The van der Waals surface area contributed by atoms with Gasteiger partial charge < -0.3 is 15.5 Å². The van der Waals surface area contributed by atoms with Crippen LogP contribution in [0.4, 0.5) is 0 Å². The van der Waals surface area contributed by atoms with Crippen molar-refractivity contribution in [2.24, 2.45) is 0 Å². The summed E-state index contributed by atoms with van der Waals surface area (Å²) in [4.78, 5) is 0. The Bertz CT molecular complexity index is 420. The second-order valence-electron chi connectivity index (χ2n) is 4.72. The van der Waals surface area contributed by atoms with Gasteiger partial charge in [-0.1, -0.05) is 6.07 Å². The van der Waals surface area contributed by atoms with Crippen LogP contribution in [-0.2, 0) is 10.8 Å². The molecule has 1 heterocycles. The predicted molar refractivity (Wildman–Crippen MR) is 72.2 cm³/mol. The maximum Gasteiger partial charge on any atom is 0.124 e. The number of nitrogens with one attached hydrogen (secondary N) is 1. The Morgan fingerprint density at radius 2 is 1.83 bits per heavy atom. The van der Waals surface area contributed by atoms with Gasteiger partial charge >= 0.3 is 0 Å². The quantitative estimate of drug-likeness (QED) is 0.780. The molecule has 3 N–H and O–H groups in total. The highest BCUT2D eigenvalue weighted by Gasteiger charge is 2.22. The lowest BCUT2D eigenvalue weighted by molar-refractivity contribution is 0.387. The minimum atomic E-state index is -0.668. The fourth-order valence-corrected chi connectivity index (χ4v) is 3.68. The molecule has 0 aliphatic carbocycles. The van der Waals surface area contributed by atoms with Crippen molar-refractivity contribution in [1.29, 1.82) is 0 Å². The van der Waals surface area contributed by atoms with Crippen molar-refractivity contribution >= 4 is 10.8 Å². The summed E-state index contributed by atoms with van der Waals surface area (Å²) in [5, 5.41) is 23.0. The van der Waals surface area contributed by atoms with Crippen molar-refractivity contribution in [3.05, 3.63) is 23.8 Å². The van der Waals surface area contributed by atoms with Gasteiger partial charge in [-0.05, 0) is 31.9 Å². The first-order chi connectivity index (χ1) is 8.58. The molecule has 4 nitrogen and oxygen atoms in total. The third-order valence-corrected chi connectivity index (χ3v) is 4.75. The van der Waals surface area contributed by atoms with Gasteiger partial charge in [-0.25, -0.2) is 0 Å². The smallest absolute Gasteiger partial charge is 0.124 e. The maximum atomic E-state index is 11.3. The summed E-state index contributed by atoms with van der Waals surface area (Å²) in [5.74, 6) is 1.68. The molecule has 1 aromatic rings. The molecule has 0 saturated carbocycles. The second kappa shape index (κ2) is 5.71. The Kier molecular flexibility index (Phi) is 4.24. The maximum absolute atomic E-state index is 11.3. The molecule has 0 bridgehead atoms. The molecule has 0 amide bonds. The fourth-order valence-electron chi connectivity index (χ4n) is 2.38. The van der Waals surface area contributed by atoms with E-state index in [1.807, 2.05) is 6.92 Å². The number of phenols is 2. The summed E-state index contributed by atoms with van der Waals surface area (Å²) in [5.41, 5.74) is 0.532. The molecule has 18 heavy (non-hydrogen) atoms. The van der Waals surface area contributed by atoms with Crippen LogP contribution in [0.15, 0.2) is 18.2 Å². The molecule has 1 saturated heterocycles. The van der Waals surface area contributed by atoms with E-state index in [0.29, 0.717) is 11.6 Å².